The first kappa shape index (κ1) is 60.5. The molecule has 1 amide bonds. The number of quaternary nitrogens is 1. The minimum Gasteiger partial charge on any atom is -0.391 e. The molecule has 0 aromatic rings. The molecule has 364 valence electrons. The predicted molar refractivity (Wildman–Crippen MR) is 267 cm³/mol. The van der Waals surface area contributed by atoms with Gasteiger partial charge >= 0.3 is 7.82 Å². The van der Waals surface area contributed by atoms with E-state index in [4.69, 9.17) is 9.05 Å². The average molecular weight is 894 g/mol. The molecule has 0 radical (unpaired) electrons. The van der Waals surface area contributed by atoms with E-state index in [2.05, 4.69) is 67.8 Å². The number of nitrogens with zero attached hydrogens (tertiary/aromatic N) is 1. The summed E-state index contributed by atoms with van der Waals surface area (Å²) in [4.78, 5) is 23.3. The monoisotopic (exact) mass is 894 g/mol. The van der Waals surface area contributed by atoms with Gasteiger partial charge in [-0.1, -0.05) is 223 Å². The summed E-state index contributed by atoms with van der Waals surface area (Å²) >= 11 is 0. The molecule has 3 atom stereocenters. The van der Waals surface area contributed by atoms with Gasteiger partial charge in [-0.2, -0.15) is 0 Å². The van der Waals surface area contributed by atoms with Crippen LogP contribution < -0.4 is 5.32 Å². The van der Waals surface area contributed by atoms with Crippen LogP contribution in [0.3, 0.4) is 0 Å². The fraction of sp³-hybridized carbons (Fsp3) is 0.830. The van der Waals surface area contributed by atoms with Gasteiger partial charge in [0.15, 0.2) is 0 Å². The third-order valence-corrected chi connectivity index (χ3v) is 12.6. The van der Waals surface area contributed by atoms with Crippen molar-refractivity contribution in [3.8, 4) is 0 Å². The van der Waals surface area contributed by atoms with Crippen LogP contribution in [-0.4, -0.2) is 73.4 Å². The van der Waals surface area contributed by atoms with Crippen molar-refractivity contribution in [3.05, 3.63) is 48.6 Å². The van der Waals surface area contributed by atoms with Crippen LogP contribution in [0.2, 0.25) is 0 Å². The molecule has 0 aliphatic carbocycles. The van der Waals surface area contributed by atoms with E-state index < -0.39 is 20.0 Å². The third-order valence-electron chi connectivity index (χ3n) is 11.6. The summed E-state index contributed by atoms with van der Waals surface area (Å²) in [5.41, 5.74) is 0. The summed E-state index contributed by atoms with van der Waals surface area (Å²) in [6.45, 7) is 4.78. The van der Waals surface area contributed by atoms with Gasteiger partial charge in [0.25, 0.3) is 0 Å². The third kappa shape index (κ3) is 46.5. The lowest BCUT2D eigenvalue weighted by atomic mass is 10.0. The van der Waals surface area contributed by atoms with Crippen molar-refractivity contribution in [2.75, 3.05) is 40.9 Å². The molecular formula is C53H102N2O6P+. The van der Waals surface area contributed by atoms with E-state index in [0.29, 0.717) is 23.9 Å². The van der Waals surface area contributed by atoms with Crippen LogP contribution in [0.15, 0.2) is 48.6 Å². The maximum absolute atomic E-state index is 13.0. The number of hydrogen-bond acceptors (Lipinski definition) is 5. The quantitative estimate of drug-likeness (QED) is 0.0243. The molecule has 0 aromatic heterocycles. The number of phosphoric ester groups is 1. The molecule has 0 aliphatic heterocycles. The molecule has 9 heteroatoms. The summed E-state index contributed by atoms with van der Waals surface area (Å²) in [6.07, 6.45) is 57.1. The van der Waals surface area contributed by atoms with Crippen LogP contribution in [0.5, 0.6) is 0 Å². The van der Waals surface area contributed by atoms with Crippen molar-refractivity contribution in [3.63, 3.8) is 0 Å². The number of phosphoric acid groups is 1. The Morgan fingerprint density at radius 2 is 0.968 bits per heavy atom. The number of allylic oxidation sites excluding steroid dienone is 8. The number of amides is 1. The Hall–Kier alpha value is -1.54. The van der Waals surface area contributed by atoms with Crippen LogP contribution in [0.1, 0.15) is 232 Å². The molecule has 0 rings (SSSR count). The molecule has 3 N–H and O–H groups in total. The van der Waals surface area contributed by atoms with E-state index in [1.165, 1.54) is 135 Å². The Labute approximate surface area is 384 Å². The first-order valence-corrected chi connectivity index (χ1v) is 27.5. The molecule has 0 saturated carbocycles. The van der Waals surface area contributed by atoms with E-state index in [-0.39, 0.29) is 19.1 Å². The fourth-order valence-corrected chi connectivity index (χ4v) is 8.24. The Morgan fingerprint density at radius 3 is 1.42 bits per heavy atom. The molecule has 0 aromatic carbocycles. The number of rotatable bonds is 47. The molecule has 62 heavy (non-hydrogen) atoms. The van der Waals surface area contributed by atoms with Gasteiger partial charge in [0.2, 0.25) is 5.91 Å². The van der Waals surface area contributed by atoms with Crippen molar-refractivity contribution in [1.29, 1.82) is 0 Å². The molecular weight excluding hydrogens is 792 g/mol. The Bertz CT molecular complexity index is 1150. The Balaban J connectivity index is 4.27. The highest BCUT2D eigenvalue weighted by molar-refractivity contribution is 7.47. The molecule has 0 fully saturated rings. The van der Waals surface area contributed by atoms with Crippen molar-refractivity contribution >= 4 is 13.7 Å². The summed E-state index contributed by atoms with van der Waals surface area (Å²) < 4.78 is 23.7. The molecule has 0 spiro atoms. The lowest BCUT2D eigenvalue weighted by Gasteiger charge is -2.26. The second-order valence-electron chi connectivity index (χ2n) is 18.9. The number of nitrogens with one attached hydrogen (secondary N) is 1. The van der Waals surface area contributed by atoms with E-state index >= 15 is 0 Å². The molecule has 0 saturated heterocycles. The maximum Gasteiger partial charge on any atom is 0.472 e. The highest BCUT2D eigenvalue weighted by Crippen LogP contribution is 2.43. The smallest absolute Gasteiger partial charge is 0.391 e. The van der Waals surface area contributed by atoms with Crippen LogP contribution in [0.4, 0.5) is 0 Å². The topological polar surface area (TPSA) is 105 Å². The van der Waals surface area contributed by atoms with Crippen LogP contribution in [-0.2, 0) is 18.4 Å². The van der Waals surface area contributed by atoms with E-state index in [0.717, 1.165) is 70.6 Å². The van der Waals surface area contributed by atoms with Gasteiger partial charge in [0.05, 0.1) is 39.9 Å². The minimum absolute atomic E-state index is 0.0717. The van der Waals surface area contributed by atoms with Crippen molar-refractivity contribution in [1.82, 2.24) is 5.32 Å². The minimum atomic E-state index is -4.32. The second-order valence-corrected chi connectivity index (χ2v) is 20.3. The zero-order valence-corrected chi connectivity index (χ0v) is 42.3. The first-order chi connectivity index (χ1) is 30.0. The summed E-state index contributed by atoms with van der Waals surface area (Å²) in [6, 6.07) is -0.766. The Kier molecular flexibility index (Phi) is 43.5. The lowest BCUT2D eigenvalue weighted by molar-refractivity contribution is -0.870. The highest BCUT2D eigenvalue weighted by Gasteiger charge is 2.28. The predicted octanol–water partition coefficient (Wildman–Crippen LogP) is 15.2. The largest absolute Gasteiger partial charge is 0.472 e. The van der Waals surface area contributed by atoms with Crippen LogP contribution in [0.25, 0.3) is 0 Å². The molecule has 8 nitrogen and oxygen atoms in total. The number of hydrogen-bond donors (Lipinski definition) is 3. The normalized spacial score (nSPS) is 14.5. The summed E-state index contributed by atoms with van der Waals surface area (Å²) in [5.74, 6) is -0.152. The Morgan fingerprint density at radius 1 is 0.565 bits per heavy atom. The fourth-order valence-electron chi connectivity index (χ4n) is 7.51. The van der Waals surface area contributed by atoms with Crippen molar-refractivity contribution in [2.24, 2.45) is 0 Å². The van der Waals surface area contributed by atoms with Gasteiger partial charge in [0, 0.05) is 6.42 Å². The summed E-state index contributed by atoms with van der Waals surface area (Å²) in [5, 5.41) is 14.0. The second kappa shape index (κ2) is 44.7. The van der Waals surface area contributed by atoms with E-state index in [1.54, 1.807) is 0 Å². The van der Waals surface area contributed by atoms with E-state index in [1.807, 2.05) is 21.1 Å². The first-order valence-electron chi connectivity index (χ1n) is 26.0. The van der Waals surface area contributed by atoms with Gasteiger partial charge in [-0.25, -0.2) is 4.57 Å². The van der Waals surface area contributed by atoms with Gasteiger partial charge in [-0.3, -0.25) is 13.8 Å². The SMILES string of the molecule is CC/C=C\C/C=C\C/C=C\C/C=C\CCCCCCCCCCC(=O)NC(COP(=O)(O)OCC[N+](C)(C)C)C(O)CCCCCCCCCCCCCCCCCCCCC. The lowest BCUT2D eigenvalue weighted by Crippen LogP contribution is -2.46. The zero-order valence-electron chi connectivity index (χ0n) is 41.4. The molecule has 0 heterocycles. The molecule has 0 aliphatic rings. The number of carbonyl (C=O) groups is 1. The number of aliphatic hydroxyl groups excluding tert-OH is 1. The van der Waals surface area contributed by atoms with E-state index in [9.17, 15) is 19.4 Å². The molecule has 3 unspecified atom stereocenters. The van der Waals surface area contributed by atoms with Gasteiger partial charge in [0.1, 0.15) is 13.2 Å². The van der Waals surface area contributed by atoms with Crippen molar-refractivity contribution in [2.45, 2.75) is 244 Å². The number of aliphatic hydroxyl groups is 1. The van der Waals surface area contributed by atoms with Gasteiger partial charge < -0.3 is 19.8 Å². The summed E-state index contributed by atoms with van der Waals surface area (Å²) in [7, 11) is 1.61. The van der Waals surface area contributed by atoms with Crippen LogP contribution in [0, 0.1) is 0 Å². The van der Waals surface area contributed by atoms with Crippen LogP contribution >= 0.6 is 7.82 Å². The van der Waals surface area contributed by atoms with Gasteiger partial charge in [-0.15, -0.1) is 0 Å². The number of carbonyl (C=O) groups excluding carboxylic acids is 1. The average Bonchev–Trinajstić information content (AvgIpc) is 3.23. The standard InChI is InChI=1S/C53H101N2O6P/c1-6-8-10-12-14-16-18-20-22-24-26-27-29-31-33-35-37-39-41-43-45-47-53(57)54-51(50-61-62(58,59)60-49-48-55(3,4)5)52(56)46-44-42-40-38-36-34-32-30-28-25-23-21-19-17-15-13-11-9-7-2/h8,10,14,16,20,22,26-27,51-52,56H,6-7,9,11-13,15,17-19,21,23-25,28-50H2,1-5H3,(H-,54,57,58,59)/p+1/b10-8-,16-14-,22-20-,27-26-. The zero-order chi connectivity index (χ0) is 45.7. The van der Waals surface area contributed by atoms with Crippen molar-refractivity contribution < 1.29 is 32.9 Å². The number of likely N-dealkylation sites (N-methyl/N-ethyl adjacent to an activating group) is 1. The maximum atomic E-state index is 13.0. The highest BCUT2D eigenvalue weighted by atomic mass is 31.2. The number of unbranched alkanes of at least 4 members (excludes halogenated alkanes) is 26. The molecule has 0 bridgehead atoms. The van der Waals surface area contributed by atoms with Gasteiger partial charge in [-0.05, 0) is 51.4 Å².